The minimum atomic E-state index is -0.0774. The molecule has 168 valence electrons. The number of carbonyl (C=O) groups excluding carboxylic acids is 2. The van der Waals surface area contributed by atoms with E-state index >= 15 is 0 Å². The van der Waals surface area contributed by atoms with Crippen molar-refractivity contribution in [2.24, 2.45) is 0 Å². The molecular formula is C28H29N3O2. The van der Waals surface area contributed by atoms with Gasteiger partial charge in [0.2, 0.25) is 5.78 Å². The molecule has 0 atom stereocenters. The maximum Gasteiger partial charge on any atom is 0.209 e. The van der Waals surface area contributed by atoms with Gasteiger partial charge in [0, 0.05) is 60.5 Å². The molecule has 1 aliphatic carbocycles. The number of carbonyl (C=O) groups is 2. The number of Topliss-reactive ketones (excluding diaryl/α,β-unsaturated/α-hetero) is 2. The van der Waals surface area contributed by atoms with Gasteiger partial charge in [0.05, 0.1) is 5.70 Å². The highest BCUT2D eigenvalue weighted by Gasteiger charge is 2.29. The summed E-state index contributed by atoms with van der Waals surface area (Å²) in [6.07, 6.45) is 0.925. The molecule has 1 N–H and O–H groups in total. The van der Waals surface area contributed by atoms with E-state index in [0.717, 1.165) is 39.1 Å². The zero-order valence-corrected chi connectivity index (χ0v) is 19.0. The second kappa shape index (κ2) is 9.20. The van der Waals surface area contributed by atoms with E-state index in [4.69, 9.17) is 0 Å². The molecule has 1 aliphatic heterocycles. The predicted octanol–water partition coefficient (Wildman–Crippen LogP) is 4.29. The number of ketones is 2. The van der Waals surface area contributed by atoms with Crippen molar-refractivity contribution in [2.75, 3.05) is 44.2 Å². The molecule has 0 aromatic heterocycles. The number of rotatable bonds is 6. The quantitative estimate of drug-likeness (QED) is 0.581. The summed E-state index contributed by atoms with van der Waals surface area (Å²) in [7, 11) is 0. The van der Waals surface area contributed by atoms with E-state index < -0.39 is 0 Å². The summed E-state index contributed by atoms with van der Waals surface area (Å²) in [5.74, 6) is -0.136. The van der Waals surface area contributed by atoms with Gasteiger partial charge in [0.1, 0.15) is 0 Å². The van der Waals surface area contributed by atoms with Crippen molar-refractivity contribution in [1.29, 1.82) is 0 Å². The SMILES string of the molecule is CC1=C(NCCCN2CCN(c3cccc4ccccc34)CC2)C(=O)c2ccccc2C1=O. The maximum absolute atomic E-state index is 12.8. The van der Waals surface area contributed by atoms with Crippen LogP contribution in [0.1, 0.15) is 34.1 Å². The van der Waals surface area contributed by atoms with Crippen LogP contribution < -0.4 is 10.2 Å². The van der Waals surface area contributed by atoms with Crippen molar-refractivity contribution in [1.82, 2.24) is 10.2 Å². The lowest BCUT2D eigenvalue weighted by atomic mass is 9.88. The van der Waals surface area contributed by atoms with Crippen molar-refractivity contribution in [3.8, 4) is 0 Å². The van der Waals surface area contributed by atoms with E-state index in [1.165, 1.54) is 16.5 Å². The van der Waals surface area contributed by atoms with E-state index in [2.05, 4.69) is 57.6 Å². The number of piperazine rings is 1. The normalized spacial score (nSPS) is 16.9. The van der Waals surface area contributed by atoms with Gasteiger partial charge in [-0.15, -0.1) is 0 Å². The zero-order chi connectivity index (χ0) is 22.8. The Bertz CT molecular complexity index is 1230. The van der Waals surface area contributed by atoms with Crippen LogP contribution in [-0.4, -0.2) is 55.7 Å². The highest BCUT2D eigenvalue weighted by Crippen LogP contribution is 2.28. The Morgan fingerprint density at radius 3 is 2.24 bits per heavy atom. The average molecular weight is 440 g/mol. The molecule has 2 aliphatic rings. The van der Waals surface area contributed by atoms with Crippen molar-refractivity contribution in [3.05, 3.63) is 89.1 Å². The molecular weight excluding hydrogens is 410 g/mol. The van der Waals surface area contributed by atoms with Crippen molar-refractivity contribution in [2.45, 2.75) is 13.3 Å². The van der Waals surface area contributed by atoms with Gasteiger partial charge < -0.3 is 10.2 Å². The fourth-order valence-corrected chi connectivity index (χ4v) is 4.92. The molecule has 0 spiro atoms. The fraction of sp³-hybridized carbons (Fsp3) is 0.286. The van der Waals surface area contributed by atoms with E-state index in [-0.39, 0.29) is 11.6 Å². The highest BCUT2D eigenvalue weighted by molar-refractivity contribution is 6.26. The summed E-state index contributed by atoms with van der Waals surface area (Å²) < 4.78 is 0. The van der Waals surface area contributed by atoms with Gasteiger partial charge in [-0.3, -0.25) is 14.5 Å². The van der Waals surface area contributed by atoms with Gasteiger partial charge in [-0.2, -0.15) is 0 Å². The Kier molecular flexibility index (Phi) is 5.97. The first-order valence-corrected chi connectivity index (χ1v) is 11.7. The fourth-order valence-electron chi connectivity index (χ4n) is 4.92. The van der Waals surface area contributed by atoms with Gasteiger partial charge in [0.25, 0.3) is 0 Å². The summed E-state index contributed by atoms with van der Waals surface area (Å²) >= 11 is 0. The monoisotopic (exact) mass is 439 g/mol. The zero-order valence-electron chi connectivity index (χ0n) is 19.0. The van der Waals surface area contributed by atoms with Crippen LogP contribution in [0.2, 0.25) is 0 Å². The molecule has 0 saturated carbocycles. The highest BCUT2D eigenvalue weighted by atomic mass is 16.1. The van der Waals surface area contributed by atoms with Crippen LogP contribution in [0.4, 0.5) is 5.69 Å². The van der Waals surface area contributed by atoms with Crippen LogP contribution in [0.15, 0.2) is 78.0 Å². The van der Waals surface area contributed by atoms with Crippen LogP contribution in [0.25, 0.3) is 10.8 Å². The summed E-state index contributed by atoms with van der Waals surface area (Å²) in [6, 6.07) is 22.2. The van der Waals surface area contributed by atoms with Crippen LogP contribution in [0.5, 0.6) is 0 Å². The Hall–Kier alpha value is -3.44. The van der Waals surface area contributed by atoms with Gasteiger partial charge in [-0.1, -0.05) is 60.7 Å². The second-order valence-electron chi connectivity index (χ2n) is 8.81. The molecule has 0 unspecified atom stereocenters. The molecule has 5 nitrogen and oxygen atoms in total. The van der Waals surface area contributed by atoms with E-state index in [1.54, 1.807) is 31.2 Å². The Labute approximate surface area is 194 Å². The molecule has 1 fully saturated rings. The standard InChI is InChI=1S/C28H29N3O2/c1-20-26(28(33)24-12-5-4-11-23(24)27(20)32)29-14-7-15-30-16-18-31(19-17-30)25-13-6-9-21-8-2-3-10-22(21)25/h2-6,8-13,29H,7,14-19H2,1H3. The second-order valence-corrected chi connectivity index (χ2v) is 8.81. The van der Waals surface area contributed by atoms with Gasteiger partial charge >= 0.3 is 0 Å². The molecule has 5 rings (SSSR count). The molecule has 33 heavy (non-hydrogen) atoms. The summed E-state index contributed by atoms with van der Waals surface area (Å²) in [6.45, 7) is 7.46. The average Bonchev–Trinajstić information content (AvgIpc) is 2.87. The molecule has 0 amide bonds. The van der Waals surface area contributed by atoms with Gasteiger partial charge in [0.15, 0.2) is 5.78 Å². The van der Waals surface area contributed by atoms with Crippen molar-refractivity contribution < 1.29 is 9.59 Å². The minimum absolute atomic E-state index is 0.0581. The first-order valence-electron chi connectivity index (χ1n) is 11.7. The number of nitrogens with zero attached hydrogens (tertiary/aromatic N) is 2. The molecule has 1 heterocycles. The third-order valence-corrected chi connectivity index (χ3v) is 6.79. The Morgan fingerprint density at radius 1 is 0.788 bits per heavy atom. The Morgan fingerprint density at radius 2 is 1.45 bits per heavy atom. The van der Waals surface area contributed by atoms with Crippen molar-refractivity contribution in [3.63, 3.8) is 0 Å². The van der Waals surface area contributed by atoms with E-state index in [9.17, 15) is 9.59 Å². The van der Waals surface area contributed by atoms with Gasteiger partial charge in [-0.25, -0.2) is 0 Å². The van der Waals surface area contributed by atoms with E-state index in [1.807, 2.05) is 0 Å². The predicted molar refractivity (Wildman–Crippen MR) is 133 cm³/mol. The molecule has 3 aromatic carbocycles. The number of hydrogen-bond donors (Lipinski definition) is 1. The first-order chi connectivity index (χ1) is 16.1. The summed E-state index contributed by atoms with van der Waals surface area (Å²) in [4.78, 5) is 30.4. The topological polar surface area (TPSA) is 52.6 Å². The maximum atomic E-state index is 12.8. The lowest BCUT2D eigenvalue weighted by molar-refractivity contribution is 0.0968. The summed E-state index contributed by atoms with van der Waals surface area (Å²) in [5.41, 5.74) is 3.30. The molecule has 0 radical (unpaired) electrons. The van der Waals surface area contributed by atoms with Crippen LogP contribution in [-0.2, 0) is 0 Å². The molecule has 3 aromatic rings. The molecule has 1 saturated heterocycles. The molecule has 5 heteroatoms. The number of benzene rings is 3. The minimum Gasteiger partial charge on any atom is -0.381 e. The number of fused-ring (bicyclic) bond motifs is 2. The smallest absolute Gasteiger partial charge is 0.209 e. The van der Waals surface area contributed by atoms with Crippen molar-refractivity contribution >= 4 is 28.0 Å². The van der Waals surface area contributed by atoms with Crippen LogP contribution >= 0.6 is 0 Å². The van der Waals surface area contributed by atoms with Gasteiger partial charge in [-0.05, 0) is 31.3 Å². The third-order valence-electron chi connectivity index (χ3n) is 6.79. The Balaban J connectivity index is 1.13. The lowest BCUT2D eigenvalue weighted by Crippen LogP contribution is -2.47. The first kappa shape index (κ1) is 21.4. The van der Waals surface area contributed by atoms with Crippen LogP contribution in [0, 0.1) is 0 Å². The number of nitrogens with one attached hydrogen (secondary N) is 1. The van der Waals surface area contributed by atoms with E-state index in [0.29, 0.717) is 28.9 Å². The largest absolute Gasteiger partial charge is 0.381 e. The van der Waals surface area contributed by atoms with Crippen LogP contribution in [0.3, 0.4) is 0 Å². The summed E-state index contributed by atoms with van der Waals surface area (Å²) in [5, 5.41) is 5.86. The number of hydrogen-bond acceptors (Lipinski definition) is 5. The number of allylic oxidation sites excluding steroid dienone is 2. The molecule has 0 bridgehead atoms. The lowest BCUT2D eigenvalue weighted by Gasteiger charge is -2.36. The number of anilines is 1. The third kappa shape index (κ3) is 4.16.